The first-order chi connectivity index (χ1) is 19.6. The van der Waals surface area contributed by atoms with Crippen molar-refractivity contribution in [3.05, 3.63) is 110 Å². The van der Waals surface area contributed by atoms with E-state index in [2.05, 4.69) is 27.9 Å². The van der Waals surface area contributed by atoms with Gasteiger partial charge in [0.2, 0.25) is 5.91 Å². The lowest BCUT2D eigenvalue weighted by Gasteiger charge is -2.13. The van der Waals surface area contributed by atoms with Gasteiger partial charge < -0.3 is 10.1 Å². The fourth-order valence-corrected chi connectivity index (χ4v) is 5.74. The first-order valence-corrected chi connectivity index (χ1v) is 14.1. The molecule has 208 valence electrons. The van der Waals surface area contributed by atoms with Gasteiger partial charge in [-0.25, -0.2) is 0 Å². The van der Waals surface area contributed by atoms with Gasteiger partial charge in [-0.1, -0.05) is 54.6 Å². The minimum absolute atomic E-state index is 0.0929. The molecule has 0 saturated carbocycles. The van der Waals surface area contributed by atoms with Gasteiger partial charge in [0, 0.05) is 5.69 Å². The maximum absolute atomic E-state index is 12.9. The van der Waals surface area contributed by atoms with E-state index in [9.17, 15) is 27.6 Å². The summed E-state index contributed by atoms with van der Waals surface area (Å²) in [5.41, 5.74) is 0.688. The van der Waals surface area contributed by atoms with Crippen molar-refractivity contribution in [3.8, 4) is 5.75 Å². The largest absolute Gasteiger partial charge is 0.488 e. The van der Waals surface area contributed by atoms with Crippen molar-refractivity contribution in [1.29, 1.82) is 0 Å². The van der Waals surface area contributed by atoms with Crippen molar-refractivity contribution in [2.24, 2.45) is 0 Å². The van der Waals surface area contributed by atoms with Crippen molar-refractivity contribution >= 4 is 73.9 Å². The molecule has 0 aliphatic carbocycles. The average molecular weight is 688 g/mol. The Morgan fingerprint density at radius 2 is 1.73 bits per heavy atom. The summed E-state index contributed by atoms with van der Waals surface area (Å²) in [6, 6.07) is 23.6. The molecule has 4 aromatic rings. The first kappa shape index (κ1) is 28.7. The van der Waals surface area contributed by atoms with Crippen LogP contribution in [-0.4, -0.2) is 28.5 Å². The Balaban J connectivity index is 1.23. The van der Waals surface area contributed by atoms with E-state index in [1.54, 1.807) is 18.2 Å². The van der Waals surface area contributed by atoms with E-state index in [0.717, 1.165) is 43.0 Å². The number of carbonyl (C=O) groups is 3. The molecule has 0 spiro atoms. The highest BCUT2D eigenvalue weighted by atomic mass is 127. The van der Waals surface area contributed by atoms with Gasteiger partial charge in [-0.2, -0.15) is 13.2 Å². The second-order valence-corrected chi connectivity index (χ2v) is 11.2. The molecule has 0 bridgehead atoms. The zero-order valence-electron chi connectivity index (χ0n) is 21.1. The molecule has 1 fully saturated rings. The van der Waals surface area contributed by atoms with Crippen LogP contribution < -0.4 is 10.1 Å². The van der Waals surface area contributed by atoms with Crippen LogP contribution in [0, 0.1) is 3.57 Å². The van der Waals surface area contributed by atoms with Crippen LogP contribution in [0.2, 0.25) is 0 Å². The fraction of sp³-hybridized carbons (Fsp3) is 0.100. The van der Waals surface area contributed by atoms with Crippen molar-refractivity contribution in [2.75, 3.05) is 11.9 Å². The number of hydrogen-bond donors (Lipinski definition) is 1. The third-order valence-corrected chi connectivity index (χ3v) is 7.92. The molecule has 5 rings (SSSR count). The molecule has 11 heteroatoms. The summed E-state index contributed by atoms with van der Waals surface area (Å²) in [5, 5.41) is 3.90. The summed E-state index contributed by atoms with van der Waals surface area (Å²) in [7, 11) is 0. The summed E-state index contributed by atoms with van der Waals surface area (Å²) in [6.45, 7) is -0.255. The number of rotatable bonds is 7. The molecule has 3 amide bonds. The van der Waals surface area contributed by atoms with Crippen molar-refractivity contribution in [1.82, 2.24) is 4.90 Å². The topological polar surface area (TPSA) is 75.7 Å². The van der Waals surface area contributed by atoms with Crippen LogP contribution in [0.25, 0.3) is 16.8 Å². The van der Waals surface area contributed by atoms with Gasteiger partial charge >= 0.3 is 6.18 Å². The number of ether oxygens (including phenoxy) is 1. The molecule has 0 radical (unpaired) electrons. The zero-order chi connectivity index (χ0) is 29.1. The minimum Gasteiger partial charge on any atom is -0.488 e. The molecule has 6 nitrogen and oxygen atoms in total. The normalized spacial score (nSPS) is 14.6. The molecular weight excluding hydrogens is 668 g/mol. The Bertz CT molecular complexity index is 1700. The number of alkyl halides is 3. The minimum atomic E-state index is -4.57. The summed E-state index contributed by atoms with van der Waals surface area (Å²) in [5.74, 6) is -0.796. The average Bonchev–Trinajstić information content (AvgIpc) is 3.19. The highest BCUT2D eigenvalue weighted by Crippen LogP contribution is 2.34. The van der Waals surface area contributed by atoms with E-state index in [0.29, 0.717) is 29.7 Å². The van der Waals surface area contributed by atoms with Gasteiger partial charge in [-0.15, -0.1) is 0 Å². The van der Waals surface area contributed by atoms with Crippen molar-refractivity contribution < 1.29 is 32.3 Å². The third kappa shape index (κ3) is 6.73. The molecule has 0 unspecified atom stereocenters. The number of nitrogens with zero attached hydrogens (tertiary/aromatic N) is 1. The van der Waals surface area contributed by atoms with Crippen LogP contribution in [0.3, 0.4) is 0 Å². The Morgan fingerprint density at radius 1 is 0.976 bits per heavy atom. The number of fused-ring (bicyclic) bond motifs is 1. The molecular formula is C30H20F3IN2O4S. The SMILES string of the molecule is O=C(CN1C(=O)S/C(=C\c2ccc(OCc3cccc4ccccc34)c(I)c2)C1=O)Nc1cccc(C(F)(F)F)c1. The number of benzene rings is 4. The summed E-state index contributed by atoms with van der Waals surface area (Å²) in [6.07, 6.45) is -3.02. The molecule has 1 saturated heterocycles. The lowest BCUT2D eigenvalue weighted by Crippen LogP contribution is -2.36. The Morgan fingerprint density at radius 3 is 2.51 bits per heavy atom. The maximum Gasteiger partial charge on any atom is 0.416 e. The maximum atomic E-state index is 12.9. The molecule has 1 aliphatic rings. The summed E-state index contributed by atoms with van der Waals surface area (Å²) >= 11 is 2.82. The predicted molar refractivity (Wildman–Crippen MR) is 160 cm³/mol. The van der Waals surface area contributed by atoms with Crippen LogP contribution >= 0.6 is 34.4 Å². The van der Waals surface area contributed by atoms with Gasteiger partial charge in [-0.05, 0) is 92.7 Å². The number of nitrogens with one attached hydrogen (secondary N) is 1. The number of anilines is 1. The van der Waals surface area contributed by atoms with Crippen LogP contribution in [0.1, 0.15) is 16.7 Å². The smallest absolute Gasteiger partial charge is 0.416 e. The Hall–Kier alpha value is -3.84. The van der Waals surface area contributed by atoms with E-state index < -0.39 is 35.3 Å². The number of amides is 3. The third-order valence-electron chi connectivity index (χ3n) is 6.17. The number of halogens is 4. The molecule has 0 atom stereocenters. The van der Waals surface area contributed by atoms with Crippen molar-refractivity contribution in [3.63, 3.8) is 0 Å². The van der Waals surface area contributed by atoms with Crippen LogP contribution in [-0.2, 0) is 22.4 Å². The Kier molecular flexibility index (Phi) is 8.36. The van der Waals surface area contributed by atoms with Crippen molar-refractivity contribution in [2.45, 2.75) is 12.8 Å². The summed E-state index contributed by atoms with van der Waals surface area (Å²) in [4.78, 5) is 38.6. The molecule has 1 heterocycles. The lowest BCUT2D eigenvalue weighted by molar-refractivity contribution is -0.137. The van der Waals surface area contributed by atoms with Crippen LogP contribution in [0.15, 0.2) is 89.8 Å². The summed E-state index contributed by atoms with van der Waals surface area (Å²) < 4.78 is 45.7. The van der Waals surface area contributed by atoms with E-state index in [4.69, 9.17) is 4.74 Å². The highest BCUT2D eigenvalue weighted by Gasteiger charge is 2.36. The second kappa shape index (κ2) is 12.0. The number of thioether (sulfide) groups is 1. The van der Waals surface area contributed by atoms with E-state index in [-0.39, 0.29) is 10.6 Å². The molecule has 1 N–H and O–H groups in total. The number of carbonyl (C=O) groups excluding carboxylic acids is 3. The van der Waals surface area contributed by atoms with Gasteiger partial charge in [0.25, 0.3) is 11.1 Å². The molecule has 4 aromatic carbocycles. The zero-order valence-corrected chi connectivity index (χ0v) is 24.0. The number of imide groups is 1. The highest BCUT2D eigenvalue weighted by molar-refractivity contribution is 14.1. The van der Waals surface area contributed by atoms with Gasteiger partial charge in [-0.3, -0.25) is 19.3 Å². The predicted octanol–water partition coefficient (Wildman–Crippen LogP) is 7.72. The van der Waals surface area contributed by atoms with Crippen LogP contribution in [0.5, 0.6) is 5.75 Å². The van der Waals surface area contributed by atoms with Gasteiger partial charge in [0.1, 0.15) is 18.9 Å². The quantitative estimate of drug-likeness (QED) is 0.159. The lowest BCUT2D eigenvalue weighted by atomic mass is 10.1. The van der Waals surface area contributed by atoms with E-state index >= 15 is 0 Å². The van der Waals surface area contributed by atoms with Gasteiger partial charge in [0.15, 0.2) is 0 Å². The van der Waals surface area contributed by atoms with E-state index in [1.165, 1.54) is 6.07 Å². The van der Waals surface area contributed by atoms with E-state index in [1.807, 2.05) is 48.5 Å². The fourth-order valence-electron chi connectivity index (χ4n) is 4.20. The van der Waals surface area contributed by atoms with Gasteiger partial charge in [0.05, 0.1) is 14.0 Å². The monoisotopic (exact) mass is 688 g/mol. The number of hydrogen-bond acceptors (Lipinski definition) is 5. The first-order valence-electron chi connectivity index (χ1n) is 12.2. The molecule has 0 aromatic heterocycles. The Labute approximate surface area is 250 Å². The molecule has 1 aliphatic heterocycles. The van der Waals surface area contributed by atoms with Crippen LogP contribution in [0.4, 0.5) is 23.7 Å². The molecule has 41 heavy (non-hydrogen) atoms. The standard InChI is InChI=1S/C30H20F3IN2O4S/c31-30(32,33)21-8-4-9-22(15-21)35-27(37)16-36-28(38)26(41-29(36)39)14-18-11-12-25(24(34)13-18)40-17-20-7-3-6-19-5-1-2-10-23(19)20/h1-15H,16-17H2,(H,35,37)/b26-14-. The second-order valence-electron chi connectivity index (χ2n) is 9.01.